The molecule has 0 radical (unpaired) electrons. The Morgan fingerprint density at radius 2 is 1.73 bits per heavy atom. The fraction of sp³-hybridized carbons (Fsp3) is 1.00. The lowest BCUT2D eigenvalue weighted by molar-refractivity contribution is -0.112. The first-order valence-electron chi connectivity index (χ1n) is 3.35. The van der Waals surface area contributed by atoms with Crippen LogP contribution >= 0.6 is 0 Å². The summed E-state index contributed by atoms with van der Waals surface area (Å²) in [6.07, 6.45) is -3.88. The number of hydrogen-bond donors (Lipinski definition) is 1. The average Bonchev–Trinajstić information content (AvgIpc) is 2.09. The van der Waals surface area contributed by atoms with E-state index in [2.05, 4.69) is 0 Å². The van der Waals surface area contributed by atoms with Gasteiger partial charge in [-0.05, 0) is 12.8 Å². The van der Waals surface area contributed by atoms with Gasteiger partial charge < -0.3 is 5.73 Å². The fourth-order valence-electron chi connectivity index (χ4n) is 1.29. The Morgan fingerprint density at radius 1 is 1.18 bits per heavy atom. The minimum absolute atomic E-state index is 0.0772. The Balaban J connectivity index is 2.84. The molecule has 0 amide bonds. The number of alkyl halides is 4. The van der Waals surface area contributed by atoms with Crippen molar-refractivity contribution in [1.82, 2.24) is 0 Å². The normalized spacial score (nSPS) is 36.5. The van der Waals surface area contributed by atoms with Crippen molar-refractivity contribution in [3.63, 3.8) is 0 Å². The molecule has 0 aromatic carbocycles. The maximum atomic E-state index is 12.6. The van der Waals surface area contributed by atoms with Gasteiger partial charge in [-0.2, -0.15) is 0 Å². The predicted molar refractivity (Wildman–Crippen MR) is 31.7 cm³/mol. The summed E-state index contributed by atoms with van der Waals surface area (Å²) in [7, 11) is 0. The molecule has 11 heavy (non-hydrogen) atoms. The number of hydrogen-bond acceptors (Lipinski definition) is 1. The molecule has 0 bridgehead atoms. The van der Waals surface area contributed by atoms with Gasteiger partial charge in [0.25, 0.3) is 12.3 Å². The van der Waals surface area contributed by atoms with Crippen LogP contribution in [0.4, 0.5) is 17.6 Å². The summed E-state index contributed by atoms with van der Waals surface area (Å²) >= 11 is 0. The van der Waals surface area contributed by atoms with Crippen molar-refractivity contribution in [2.24, 2.45) is 5.73 Å². The molecular weight excluding hydrogens is 162 g/mol. The van der Waals surface area contributed by atoms with Gasteiger partial charge in [0.1, 0.15) is 5.54 Å². The van der Waals surface area contributed by atoms with E-state index in [1.807, 2.05) is 0 Å². The standard InChI is InChI=1S/C6H9F4N/c7-4(8)5(11)2-1-3-6(5,9)10/h4H,1-3,11H2. The Hall–Kier alpha value is -0.320. The van der Waals surface area contributed by atoms with Crippen LogP contribution in [-0.4, -0.2) is 17.9 Å². The van der Waals surface area contributed by atoms with Crippen LogP contribution in [0.15, 0.2) is 0 Å². The summed E-state index contributed by atoms with van der Waals surface area (Å²) in [6.45, 7) is 0. The molecule has 66 valence electrons. The highest BCUT2D eigenvalue weighted by atomic mass is 19.3. The van der Waals surface area contributed by atoms with Crippen molar-refractivity contribution in [2.75, 3.05) is 0 Å². The van der Waals surface area contributed by atoms with E-state index in [4.69, 9.17) is 5.73 Å². The molecule has 1 nitrogen and oxygen atoms in total. The fourth-order valence-corrected chi connectivity index (χ4v) is 1.29. The zero-order valence-corrected chi connectivity index (χ0v) is 5.79. The summed E-state index contributed by atoms with van der Waals surface area (Å²) in [5.74, 6) is -3.40. The second kappa shape index (κ2) is 2.33. The van der Waals surface area contributed by atoms with Crippen LogP contribution in [0.3, 0.4) is 0 Å². The SMILES string of the molecule is NC1(C(F)F)CCCC1(F)F. The van der Waals surface area contributed by atoms with Gasteiger partial charge in [-0.1, -0.05) is 0 Å². The molecule has 1 aliphatic carbocycles. The summed E-state index contributed by atoms with van der Waals surface area (Å²) in [5.41, 5.74) is 2.30. The van der Waals surface area contributed by atoms with E-state index in [1.54, 1.807) is 0 Å². The largest absolute Gasteiger partial charge is 0.315 e. The van der Waals surface area contributed by atoms with Gasteiger partial charge in [0, 0.05) is 6.42 Å². The maximum Gasteiger partial charge on any atom is 0.271 e. The molecule has 1 unspecified atom stereocenters. The molecule has 1 rings (SSSR count). The molecule has 1 atom stereocenters. The molecule has 0 aliphatic heterocycles. The molecular formula is C6H9F4N. The maximum absolute atomic E-state index is 12.6. The van der Waals surface area contributed by atoms with E-state index in [9.17, 15) is 17.6 Å². The molecule has 0 spiro atoms. The third kappa shape index (κ3) is 1.11. The lowest BCUT2D eigenvalue weighted by atomic mass is 9.96. The first-order chi connectivity index (χ1) is 4.90. The monoisotopic (exact) mass is 171 g/mol. The minimum Gasteiger partial charge on any atom is -0.315 e. The lowest BCUT2D eigenvalue weighted by Gasteiger charge is -2.29. The molecule has 0 aromatic heterocycles. The van der Waals surface area contributed by atoms with Crippen molar-refractivity contribution in [3.8, 4) is 0 Å². The Kier molecular flexibility index (Phi) is 1.86. The molecule has 1 aliphatic rings. The molecule has 1 fully saturated rings. The van der Waals surface area contributed by atoms with Crippen LogP contribution in [0.25, 0.3) is 0 Å². The highest BCUT2D eigenvalue weighted by Gasteiger charge is 2.60. The van der Waals surface area contributed by atoms with Gasteiger partial charge in [-0.3, -0.25) is 0 Å². The zero-order valence-electron chi connectivity index (χ0n) is 5.79. The van der Waals surface area contributed by atoms with Gasteiger partial charge in [0.2, 0.25) is 0 Å². The third-order valence-corrected chi connectivity index (χ3v) is 2.15. The third-order valence-electron chi connectivity index (χ3n) is 2.15. The van der Waals surface area contributed by atoms with Gasteiger partial charge in [-0.15, -0.1) is 0 Å². The minimum atomic E-state index is -3.40. The van der Waals surface area contributed by atoms with Gasteiger partial charge in [0.05, 0.1) is 0 Å². The smallest absolute Gasteiger partial charge is 0.271 e. The highest BCUT2D eigenvalue weighted by Crippen LogP contribution is 2.45. The quantitative estimate of drug-likeness (QED) is 0.598. The number of halogens is 4. The molecule has 0 saturated heterocycles. The summed E-state index contributed by atoms with van der Waals surface area (Å²) in [6, 6.07) is 0. The van der Waals surface area contributed by atoms with Crippen LogP contribution in [0.2, 0.25) is 0 Å². The summed E-state index contributed by atoms with van der Waals surface area (Å²) in [4.78, 5) is 0. The summed E-state index contributed by atoms with van der Waals surface area (Å²) in [5, 5.41) is 0. The van der Waals surface area contributed by atoms with Crippen LogP contribution in [0, 0.1) is 0 Å². The van der Waals surface area contributed by atoms with E-state index < -0.39 is 24.3 Å². The summed E-state index contributed by atoms with van der Waals surface area (Å²) < 4.78 is 49.3. The van der Waals surface area contributed by atoms with E-state index in [0.717, 1.165) is 0 Å². The number of rotatable bonds is 1. The van der Waals surface area contributed by atoms with E-state index in [1.165, 1.54) is 0 Å². The topological polar surface area (TPSA) is 26.0 Å². The zero-order chi connectivity index (χ0) is 8.70. The first-order valence-corrected chi connectivity index (χ1v) is 3.35. The van der Waals surface area contributed by atoms with Crippen molar-refractivity contribution >= 4 is 0 Å². The van der Waals surface area contributed by atoms with Crippen molar-refractivity contribution in [3.05, 3.63) is 0 Å². The second-order valence-electron chi connectivity index (χ2n) is 2.90. The van der Waals surface area contributed by atoms with Gasteiger partial charge in [0.15, 0.2) is 0 Å². The van der Waals surface area contributed by atoms with Crippen molar-refractivity contribution in [1.29, 1.82) is 0 Å². The average molecular weight is 171 g/mol. The lowest BCUT2D eigenvalue weighted by Crippen LogP contribution is -2.57. The first kappa shape index (κ1) is 8.77. The number of nitrogens with two attached hydrogens (primary N) is 1. The van der Waals surface area contributed by atoms with Gasteiger partial charge in [-0.25, -0.2) is 17.6 Å². The van der Waals surface area contributed by atoms with E-state index in [-0.39, 0.29) is 12.8 Å². The second-order valence-corrected chi connectivity index (χ2v) is 2.90. The molecule has 5 heteroatoms. The van der Waals surface area contributed by atoms with Crippen LogP contribution in [0.1, 0.15) is 19.3 Å². The highest BCUT2D eigenvalue weighted by molar-refractivity contribution is 5.04. The van der Waals surface area contributed by atoms with Crippen LogP contribution < -0.4 is 5.73 Å². The Labute approximate surface area is 61.6 Å². The molecule has 0 heterocycles. The van der Waals surface area contributed by atoms with Crippen LogP contribution in [0.5, 0.6) is 0 Å². The van der Waals surface area contributed by atoms with Crippen molar-refractivity contribution < 1.29 is 17.6 Å². The Morgan fingerprint density at radius 3 is 1.91 bits per heavy atom. The molecule has 1 saturated carbocycles. The van der Waals surface area contributed by atoms with Crippen molar-refractivity contribution in [2.45, 2.75) is 37.1 Å². The molecule has 2 N–H and O–H groups in total. The van der Waals surface area contributed by atoms with E-state index in [0.29, 0.717) is 0 Å². The molecule has 0 aromatic rings. The Bertz CT molecular complexity index is 159. The van der Waals surface area contributed by atoms with E-state index >= 15 is 0 Å². The van der Waals surface area contributed by atoms with Crippen LogP contribution in [-0.2, 0) is 0 Å². The van der Waals surface area contributed by atoms with Gasteiger partial charge >= 0.3 is 0 Å². The predicted octanol–water partition coefficient (Wildman–Crippen LogP) is 1.77.